The summed E-state index contributed by atoms with van der Waals surface area (Å²) in [4.78, 5) is 12.1. The molecule has 0 atom stereocenters. The number of anilines is 2. The lowest BCUT2D eigenvalue weighted by molar-refractivity contribution is -0.181. The molecule has 0 radical (unpaired) electrons. The molecular formula is C21H25Cl2FN2O3. The van der Waals surface area contributed by atoms with E-state index in [0.29, 0.717) is 21.4 Å². The first kappa shape index (κ1) is 23.4. The highest BCUT2D eigenvalue weighted by Gasteiger charge is 2.16. The van der Waals surface area contributed by atoms with Crippen molar-refractivity contribution in [1.29, 1.82) is 0 Å². The van der Waals surface area contributed by atoms with Gasteiger partial charge in [0.1, 0.15) is 12.5 Å². The third-order valence-electron chi connectivity index (χ3n) is 4.07. The van der Waals surface area contributed by atoms with Crippen LogP contribution in [0.5, 0.6) is 0 Å². The van der Waals surface area contributed by atoms with Crippen LogP contribution in [0.15, 0.2) is 30.3 Å². The fourth-order valence-corrected chi connectivity index (χ4v) is 3.20. The normalized spacial score (nSPS) is 11.6. The quantitative estimate of drug-likeness (QED) is 0.481. The molecule has 0 aromatic heterocycles. The van der Waals surface area contributed by atoms with Crippen LogP contribution >= 0.6 is 23.2 Å². The van der Waals surface area contributed by atoms with Crippen LogP contribution in [0.3, 0.4) is 0 Å². The van der Waals surface area contributed by atoms with Gasteiger partial charge in [0.2, 0.25) is 5.91 Å². The fraction of sp³-hybridized carbons (Fsp3) is 0.381. The van der Waals surface area contributed by atoms with Crippen LogP contribution in [-0.4, -0.2) is 23.5 Å². The van der Waals surface area contributed by atoms with Crippen LogP contribution in [0.2, 0.25) is 10.0 Å². The molecule has 0 fully saturated rings. The minimum atomic E-state index is -1.37. The van der Waals surface area contributed by atoms with E-state index in [1.807, 2.05) is 19.9 Å². The van der Waals surface area contributed by atoms with Crippen LogP contribution in [0.25, 0.3) is 0 Å². The highest BCUT2D eigenvalue weighted by molar-refractivity contribution is 6.36. The highest BCUT2D eigenvalue weighted by atomic mass is 35.5. The van der Waals surface area contributed by atoms with Gasteiger partial charge in [-0.2, -0.15) is 0 Å². The maximum absolute atomic E-state index is 14.2. The summed E-state index contributed by atoms with van der Waals surface area (Å²) in [7, 11) is 0. The van der Waals surface area contributed by atoms with Gasteiger partial charge in [0.05, 0.1) is 17.1 Å². The predicted octanol–water partition coefficient (Wildman–Crippen LogP) is 5.36. The molecule has 0 aliphatic heterocycles. The molecule has 5 nitrogen and oxygen atoms in total. The third kappa shape index (κ3) is 7.16. The average molecular weight is 443 g/mol. The molecule has 0 unspecified atom stereocenters. The Morgan fingerprint density at radius 2 is 1.93 bits per heavy atom. The van der Waals surface area contributed by atoms with E-state index in [2.05, 4.69) is 10.6 Å². The van der Waals surface area contributed by atoms with Crippen LogP contribution in [0, 0.1) is 5.82 Å². The van der Waals surface area contributed by atoms with E-state index in [1.54, 1.807) is 18.2 Å². The number of hydrogen-bond donors (Lipinski definition) is 3. The van der Waals surface area contributed by atoms with Crippen LogP contribution < -0.4 is 10.6 Å². The Morgan fingerprint density at radius 1 is 1.24 bits per heavy atom. The number of hydrogen-bond acceptors (Lipinski definition) is 4. The van der Waals surface area contributed by atoms with Gasteiger partial charge in [-0.3, -0.25) is 4.79 Å². The number of ether oxygens (including phenoxy) is 1. The average Bonchev–Trinajstić information content (AvgIpc) is 2.58. The summed E-state index contributed by atoms with van der Waals surface area (Å²) in [6.45, 7) is 6.75. The number of carbonyl (C=O) groups is 1. The second kappa shape index (κ2) is 9.76. The molecule has 0 saturated carbocycles. The summed E-state index contributed by atoms with van der Waals surface area (Å²) in [6.07, 6.45) is -0.179. The van der Waals surface area contributed by atoms with E-state index in [0.717, 1.165) is 5.56 Å². The highest BCUT2D eigenvalue weighted by Crippen LogP contribution is 2.36. The van der Waals surface area contributed by atoms with Gasteiger partial charge >= 0.3 is 0 Å². The maximum Gasteiger partial charge on any atom is 0.226 e. The summed E-state index contributed by atoms with van der Waals surface area (Å²) in [5, 5.41) is 16.2. The molecule has 0 heterocycles. The largest absolute Gasteiger partial charge is 0.366 e. The van der Waals surface area contributed by atoms with Gasteiger partial charge in [0, 0.05) is 10.7 Å². The Hall–Kier alpha value is -1.86. The van der Waals surface area contributed by atoms with Crippen molar-refractivity contribution in [3.8, 4) is 0 Å². The van der Waals surface area contributed by atoms with Crippen molar-refractivity contribution in [3.63, 3.8) is 0 Å². The van der Waals surface area contributed by atoms with Crippen LogP contribution in [0.1, 0.15) is 44.7 Å². The Balaban J connectivity index is 2.17. The maximum atomic E-state index is 14.2. The lowest BCUT2D eigenvalue weighted by atomic mass is 10.0. The Morgan fingerprint density at radius 3 is 2.55 bits per heavy atom. The molecule has 0 spiro atoms. The summed E-state index contributed by atoms with van der Waals surface area (Å²) in [5.41, 5.74) is 2.42. The number of benzene rings is 2. The van der Waals surface area contributed by atoms with E-state index >= 15 is 0 Å². The predicted molar refractivity (Wildman–Crippen MR) is 114 cm³/mol. The molecule has 0 aliphatic rings. The SMILES string of the molecule is CC(C)c1cc(Cl)cc(Cl)c1Nc1ccc(F)c(CC(=O)NCOC(C)(C)O)c1. The van der Waals surface area contributed by atoms with Gasteiger partial charge in [-0.25, -0.2) is 4.39 Å². The summed E-state index contributed by atoms with van der Waals surface area (Å²) in [5.74, 6) is -2.14. The minimum Gasteiger partial charge on any atom is -0.366 e. The van der Waals surface area contributed by atoms with Crippen molar-refractivity contribution in [2.45, 2.75) is 45.8 Å². The number of amides is 1. The van der Waals surface area contributed by atoms with E-state index in [4.69, 9.17) is 27.9 Å². The van der Waals surface area contributed by atoms with E-state index in [1.165, 1.54) is 19.9 Å². The Bertz CT molecular complexity index is 883. The topological polar surface area (TPSA) is 70.6 Å². The fourth-order valence-electron chi connectivity index (χ4n) is 2.64. The molecule has 2 aromatic rings. The number of aliphatic hydroxyl groups is 1. The monoisotopic (exact) mass is 442 g/mol. The lowest BCUT2D eigenvalue weighted by Crippen LogP contribution is -2.34. The smallest absolute Gasteiger partial charge is 0.226 e. The molecule has 2 aromatic carbocycles. The van der Waals surface area contributed by atoms with Gasteiger partial charge in [0.15, 0.2) is 5.79 Å². The second-order valence-electron chi connectivity index (χ2n) is 7.45. The zero-order chi connectivity index (χ0) is 21.8. The molecule has 0 aliphatic carbocycles. The Labute approximate surface area is 180 Å². The van der Waals surface area contributed by atoms with Crippen molar-refractivity contribution < 1.29 is 19.0 Å². The van der Waals surface area contributed by atoms with Crippen LogP contribution in [-0.2, 0) is 16.0 Å². The second-order valence-corrected chi connectivity index (χ2v) is 8.29. The first-order valence-corrected chi connectivity index (χ1v) is 9.89. The Kier molecular flexibility index (Phi) is 7.88. The molecule has 0 bridgehead atoms. The third-order valence-corrected chi connectivity index (χ3v) is 4.58. The first-order valence-electron chi connectivity index (χ1n) is 9.13. The number of nitrogens with one attached hydrogen (secondary N) is 2. The molecule has 3 N–H and O–H groups in total. The zero-order valence-electron chi connectivity index (χ0n) is 16.8. The summed E-state index contributed by atoms with van der Waals surface area (Å²) in [6, 6.07) is 7.89. The van der Waals surface area contributed by atoms with E-state index in [9.17, 15) is 14.3 Å². The zero-order valence-corrected chi connectivity index (χ0v) is 18.3. The van der Waals surface area contributed by atoms with Gasteiger partial charge in [-0.05, 0) is 61.2 Å². The van der Waals surface area contributed by atoms with Crippen molar-refractivity contribution in [2.75, 3.05) is 12.0 Å². The molecule has 2 rings (SSSR count). The van der Waals surface area contributed by atoms with Gasteiger partial charge in [-0.1, -0.05) is 37.0 Å². The van der Waals surface area contributed by atoms with Gasteiger partial charge in [0.25, 0.3) is 0 Å². The van der Waals surface area contributed by atoms with Crippen molar-refractivity contribution in [3.05, 3.63) is 57.3 Å². The van der Waals surface area contributed by atoms with Crippen molar-refractivity contribution in [2.24, 2.45) is 0 Å². The number of carbonyl (C=O) groups excluding carboxylic acids is 1. The minimum absolute atomic E-state index is 0.162. The molecule has 8 heteroatoms. The van der Waals surface area contributed by atoms with Crippen LogP contribution in [0.4, 0.5) is 15.8 Å². The number of halogens is 3. The number of rotatable bonds is 8. The standard InChI is InChI=1S/C21H25Cl2FN2O3/c1-12(2)16-9-14(22)10-17(23)20(16)26-15-5-6-18(24)13(7-15)8-19(27)25-11-29-21(3,4)28/h5-7,9-10,12,26,28H,8,11H2,1-4H3,(H,25,27). The summed E-state index contributed by atoms with van der Waals surface area (Å²) >= 11 is 12.5. The van der Waals surface area contributed by atoms with Crippen molar-refractivity contribution >= 4 is 40.5 Å². The summed E-state index contributed by atoms with van der Waals surface area (Å²) < 4.78 is 19.2. The molecule has 29 heavy (non-hydrogen) atoms. The molecule has 158 valence electrons. The molecular weight excluding hydrogens is 418 g/mol. The van der Waals surface area contributed by atoms with Crippen molar-refractivity contribution in [1.82, 2.24) is 5.32 Å². The molecule has 1 amide bonds. The van der Waals surface area contributed by atoms with E-state index in [-0.39, 0.29) is 24.6 Å². The van der Waals surface area contributed by atoms with E-state index < -0.39 is 17.5 Å². The molecule has 0 saturated heterocycles. The first-order chi connectivity index (χ1) is 13.5. The van der Waals surface area contributed by atoms with Gasteiger partial charge < -0.3 is 20.5 Å². The van der Waals surface area contributed by atoms with Gasteiger partial charge in [-0.15, -0.1) is 0 Å². The lowest BCUT2D eigenvalue weighted by Gasteiger charge is -2.19.